The van der Waals surface area contributed by atoms with E-state index in [0.29, 0.717) is 0 Å². The molecule has 0 aliphatic heterocycles. The minimum atomic E-state index is 0.0274. The summed E-state index contributed by atoms with van der Waals surface area (Å²) < 4.78 is 0. The molecule has 0 radical (unpaired) electrons. The maximum Gasteiger partial charge on any atom is 0.115 e. The highest BCUT2D eigenvalue weighted by Crippen LogP contribution is 2.50. The Balaban J connectivity index is 2.28. The van der Waals surface area contributed by atoms with Gasteiger partial charge in [0.05, 0.1) is 0 Å². The average molecular weight is 333 g/mol. The molecule has 1 aromatic rings. The molecular formula is C23H27NO. The standard InChI is InChI=1S/C23H27NO/c1-6-8-10-20-17(3)23(4,5)22(7-2)21(20)11-9-16-24-18-12-14-19(25)15-13-18/h6-16,24-25H,1H2,2-5H3/b10-8-,16-9+,21-11-,22-7+. The van der Waals surface area contributed by atoms with E-state index in [1.54, 1.807) is 18.2 Å². The summed E-state index contributed by atoms with van der Waals surface area (Å²) in [6.07, 6.45) is 14.2. The molecule has 0 bridgehead atoms. The van der Waals surface area contributed by atoms with E-state index in [4.69, 9.17) is 0 Å². The molecule has 0 saturated heterocycles. The summed E-state index contributed by atoms with van der Waals surface area (Å²) in [7, 11) is 0. The molecule has 2 nitrogen and oxygen atoms in total. The monoisotopic (exact) mass is 333 g/mol. The Bertz CT molecular complexity index is 784. The number of phenols is 1. The second-order valence-electron chi connectivity index (χ2n) is 6.59. The highest BCUT2D eigenvalue weighted by Gasteiger charge is 2.36. The minimum Gasteiger partial charge on any atom is -0.508 e. The van der Waals surface area contributed by atoms with Crippen LogP contribution in [0, 0.1) is 5.41 Å². The van der Waals surface area contributed by atoms with E-state index in [1.807, 2.05) is 30.5 Å². The van der Waals surface area contributed by atoms with E-state index in [1.165, 1.54) is 22.3 Å². The molecule has 2 heteroatoms. The van der Waals surface area contributed by atoms with Crippen LogP contribution in [0.25, 0.3) is 0 Å². The number of allylic oxidation sites excluding steroid dienone is 10. The second-order valence-corrected chi connectivity index (χ2v) is 6.59. The van der Waals surface area contributed by atoms with E-state index in [0.717, 1.165) is 5.69 Å². The molecule has 0 fully saturated rings. The highest BCUT2D eigenvalue weighted by atomic mass is 16.3. The lowest BCUT2D eigenvalue weighted by atomic mass is 9.81. The number of aromatic hydroxyl groups is 1. The number of nitrogens with one attached hydrogen (secondary N) is 1. The van der Waals surface area contributed by atoms with Gasteiger partial charge < -0.3 is 10.4 Å². The molecular weight excluding hydrogens is 306 g/mol. The minimum absolute atomic E-state index is 0.0274. The molecule has 1 aliphatic rings. The summed E-state index contributed by atoms with van der Waals surface area (Å²) in [5.74, 6) is 0.266. The van der Waals surface area contributed by atoms with E-state index >= 15 is 0 Å². The number of anilines is 1. The Morgan fingerprint density at radius 2 is 1.80 bits per heavy atom. The van der Waals surface area contributed by atoms with Gasteiger partial charge in [0.2, 0.25) is 0 Å². The van der Waals surface area contributed by atoms with Crippen LogP contribution in [0.15, 0.2) is 95.8 Å². The normalized spacial score (nSPS) is 20.3. The third-order valence-corrected chi connectivity index (χ3v) is 4.76. The van der Waals surface area contributed by atoms with Gasteiger partial charge in [0.1, 0.15) is 5.75 Å². The van der Waals surface area contributed by atoms with Gasteiger partial charge in [-0.1, -0.05) is 56.4 Å². The van der Waals surface area contributed by atoms with Gasteiger partial charge in [0.25, 0.3) is 0 Å². The highest BCUT2D eigenvalue weighted by molar-refractivity contribution is 5.65. The molecule has 1 aliphatic carbocycles. The molecule has 130 valence electrons. The van der Waals surface area contributed by atoms with Crippen LogP contribution in [0.5, 0.6) is 5.75 Å². The summed E-state index contributed by atoms with van der Waals surface area (Å²) >= 11 is 0. The molecule has 2 rings (SSSR count). The predicted molar refractivity (Wildman–Crippen MR) is 109 cm³/mol. The Morgan fingerprint density at radius 1 is 1.12 bits per heavy atom. The SMILES string of the molecule is C=C/C=C\C1=C(C)C(C)(C)C(=C/C)/C1=C\C=C\Nc1ccc(O)cc1. The molecule has 0 amide bonds. The van der Waals surface area contributed by atoms with Crippen LogP contribution < -0.4 is 5.32 Å². The van der Waals surface area contributed by atoms with Gasteiger partial charge in [-0.25, -0.2) is 0 Å². The smallest absolute Gasteiger partial charge is 0.115 e. The average Bonchev–Trinajstić information content (AvgIpc) is 2.77. The van der Waals surface area contributed by atoms with Gasteiger partial charge in [-0.15, -0.1) is 0 Å². The lowest BCUT2D eigenvalue weighted by Gasteiger charge is -2.22. The van der Waals surface area contributed by atoms with Crippen molar-refractivity contribution in [3.8, 4) is 5.75 Å². The van der Waals surface area contributed by atoms with E-state index in [9.17, 15) is 5.11 Å². The van der Waals surface area contributed by atoms with Crippen molar-refractivity contribution in [2.75, 3.05) is 5.32 Å². The molecule has 25 heavy (non-hydrogen) atoms. The molecule has 0 spiro atoms. The molecule has 0 atom stereocenters. The Hall–Kier alpha value is -2.74. The van der Waals surface area contributed by atoms with Crippen LogP contribution in [0.2, 0.25) is 0 Å². The number of hydrogen-bond acceptors (Lipinski definition) is 2. The van der Waals surface area contributed by atoms with Crippen molar-refractivity contribution in [3.63, 3.8) is 0 Å². The maximum absolute atomic E-state index is 9.32. The van der Waals surface area contributed by atoms with Gasteiger partial charge in [-0.05, 0) is 60.9 Å². The molecule has 1 aromatic carbocycles. The number of hydrogen-bond donors (Lipinski definition) is 2. The van der Waals surface area contributed by atoms with Crippen molar-refractivity contribution >= 4 is 5.69 Å². The van der Waals surface area contributed by atoms with E-state index in [-0.39, 0.29) is 11.2 Å². The Morgan fingerprint density at radius 3 is 2.40 bits per heavy atom. The lowest BCUT2D eigenvalue weighted by molar-refractivity contribution is 0.475. The third-order valence-electron chi connectivity index (χ3n) is 4.76. The zero-order valence-corrected chi connectivity index (χ0v) is 15.5. The Kier molecular flexibility index (Phi) is 5.87. The summed E-state index contributed by atoms with van der Waals surface area (Å²) in [5.41, 5.74) is 6.16. The van der Waals surface area contributed by atoms with Crippen molar-refractivity contribution in [2.24, 2.45) is 5.41 Å². The van der Waals surface area contributed by atoms with Crippen molar-refractivity contribution in [1.82, 2.24) is 0 Å². The fraction of sp³-hybridized carbons (Fsp3) is 0.217. The number of benzene rings is 1. The molecule has 2 N–H and O–H groups in total. The first kappa shape index (κ1) is 18.6. The van der Waals surface area contributed by atoms with Crippen LogP contribution in [-0.2, 0) is 0 Å². The van der Waals surface area contributed by atoms with Gasteiger partial charge in [-0.2, -0.15) is 0 Å². The maximum atomic E-state index is 9.32. The van der Waals surface area contributed by atoms with Crippen LogP contribution in [0.4, 0.5) is 5.69 Å². The van der Waals surface area contributed by atoms with Crippen molar-refractivity contribution in [2.45, 2.75) is 27.7 Å². The molecule has 0 unspecified atom stereocenters. The zero-order valence-electron chi connectivity index (χ0n) is 15.5. The Labute approximate surface area is 151 Å². The fourth-order valence-corrected chi connectivity index (χ4v) is 3.14. The first-order chi connectivity index (χ1) is 11.9. The summed E-state index contributed by atoms with van der Waals surface area (Å²) in [6.45, 7) is 12.6. The van der Waals surface area contributed by atoms with Gasteiger partial charge >= 0.3 is 0 Å². The van der Waals surface area contributed by atoms with Gasteiger partial charge in [-0.3, -0.25) is 0 Å². The van der Waals surface area contributed by atoms with Crippen molar-refractivity contribution in [1.29, 1.82) is 0 Å². The summed E-state index contributed by atoms with van der Waals surface area (Å²) in [6, 6.07) is 7.00. The second kappa shape index (κ2) is 7.89. The van der Waals surface area contributed by atoms with Crippen molar-refractivity contribution < 1.29 is 5.11 Å². The van der Waals surface area contributed by atoms with E-state index in [2.05, 4.69) is 57.8 Å². The van der Waals surface area contributed by atoms with Crippen LogP contribution in [0.3, 0.4) is 0 Å². The van der Waals surface area contributed by atoms with Gasteiger partial charge in [0, 0.05) is 17.3 Å². The van der Waals surface area contributed by atoms with Gasteiger partial charge in [0.15, 0.2) is 0 Å². The van der Waals surface area contributed by atoms with E-state index < -0.39 is 0 Å². The molecule has 0 saturated carbocycles. The fourth-order valence-electron chi connectivity index (χ4n) is 3.14. The van der Waals surface area contributed by atoms with Crippen LogP contribution >= 0.6 is 0 Å². The topological polar surface area (TPSA) is 32.3 Å². The zero-order chi connectivity index (χ0) is 18.4. The summed E-state index contributed by atoms with van der Waals surface area (Å²) in [5, 5.41) is 12.5. The third kappa shape index (κ3) is 4.03. The number of rotatable bonds is 5. The molecule has 0 heterocycles. The lowest BCUT2D eigenvalue weighted by Crippen LogP contribution is -2.11. The quantitative estimate of drug-likeness (QED) is 0.490. The van der Waals surface area contributed by atoms with Crippen LogP contribution in [0.1, 0.15) is 27.7 Å². The van der Waals surface area contributed by atoms with Crippen molar-refractivity contribution in [3.05, 3.63) is 95.8 Å². The first-order valence-corrected chi connectivity index (χ1v) is 8.52. The first-order valence-electron chi connectivity index (χ1n) is 8.52. The largest absolute Gasteiger partial charge is 0.508 e. The van der Waals surface area contributed by atoms with Crippen LogP contribution in [-0.4, -0.2) is 5.11 Å². The molecule has 0 aromatic heterocycles. The summed E-state index contributed by atoms with van der Waals surface area (Å²) in [4.78, 5) is 0. The number of phenolic OH excluding ortho intramolecular Hbond substituents is 1. The predicted octanol–water partition coefficient (Wildman–Crippen LogP) is 6.29.